The van der Waals surface area contributed by atoms with E-state index in [4.69, 9.17) is 14.5 Å². The van der Waals surface area contributed by atoms with Gasteiger partial charge in [0, 0.05) is 24.4 Å². The highest BCUT2D eigenvalue weighted by molar-refractivity contribution is 8.16. The van der Waals surface area contributed by atoms with Gasteiger partial charge in [-0.3, -0.25) is 4.79 Å². The van der Waals surface area contributed by atoms with E-state index in [0.717, 1.165) is 27.6 Å². The lowest BCUT2D eigenvalue weighted by Crippen LogP contribution is -2.42. The number of carbonyl (C=O) groups excluding carboxylic acids is 2. The van der Waals surface area contributed by atoms with Crippen LogP contribution >= 0.6 is 11.8 Å². The Hall–Kier alpha value is -3.36. The van der Waals surface area contributed by atoms with E-state index >= 15 is 0 Å². The highest BCUT2D eigenvalue weighted by Gasteiger charge is 2.42. The van der Waals surface area contributed by atoms with E-state index in [9.17, 15) is 9.59 Å². The lowest BCUT2D eigenvalue weighted by atomic mass is 9.90. The van der Waals surface area contributed by atoms with Crippen LogP contribution in [0.1, 0.15) is 36.1 Å². The van der Waals surface area contributed by atoms with Crippen molar-refractivity contribution in [3.05, 3.63) is 88.0 Å². The first-order valence-corrected chi connectivity index (χ1v) is 13.1. The monoisotopic (exact) mass is 503 g/mol. The number of ether oxygens (including phenoxy) is 2. The second-order valence-corrected chi connectivity index (χ2v) is 9.66. The standard InChI is InChI=1S/C28H29N3O4S/c1-3-35-27(33)24-25(20-9-5-4-6-10-20)29-28-31(26(24)21-11-7-8-19(2)16-21)22(18-36-28)17-23(32)30-12-14-34-15-13-30/h4-11,16,18,26H,3,12-15,17H2,1-2H3. The Balaban J connectivity index is 1.60. The minimum Gasteiger partial charge on any atom is -0.463 e. The molecule has 0 aromatic heterocycles. The van der Waals surface area contributed by atoms with Crippen molar-refractivity contribution in [3.63, 3.8) is 0 Å². The van der Waals surface area contributed by atoms with Crippen molar-refractivity contribution in [2.75, 3.05) is 32.9 Å². The predicted octanol–water partition coefficient (Wildman–Crippen LogP) is 4.52. The number of fused-ring (bicyclic) bond motifs is 1. The van der Waals surface area contributed by atoms with Crippen LogP contribution in [0.3, 0.4) is 0 Å². The highest BCUT2D eigenvalue weighted by Crippen LogP contribution is 2.47. The fourth-order valence-electron chi connectivity index (χ4n) is 4.72. The molecule has 0 bridgehead atoms. The summed E-state index contributed by atoms with van der Waals surface area (Å²) in [7, 11) is 0. The Morgan fingerprint density at radius 1 is 1.11 bits per heavy atom. The fraction of sp³-hybridized carbons (Fsp3) is 0.321. The summed E-state index contributed by atoms with van der Waals surface area (Å²) in [4.78, 5) is 35.5. The zero-order chi connectivity index (χ0) is 25.1. The second-order valence-electron chi connectivity index (χ2n) is 8.83. The van der Waals surface area contributed by atoms with Crippen LogP contribution in [-0.2, 0) is 19.1 Å². The van der Waals surface area contributed by atoms with Gasteiger partial charge in [0.15, 0.2) is 5.17 Å². The number of rotatable bonds is 6. The number of amides is 1. The smallest absolute Gasteiger partial charge is 0.338 e. The van der Waals surface area contributed by atoms with Gasteiger partial charge in [-0.1, -0.05) is 71.9 Å². The first kappa shape index (κ1) is 24.3. The van der Waals surface area contributed by atoms with Gasteiger partial charge in [-0.05, 0) is 24.8 Å². The van der Waals surface area contributed by atoms with E-state index in [1.54, 1.807) is 6.92 Å². The maximum atomic E-state index is 13.5. The Morgan fingerprint density at radius 3 is 2.61 bits per heavy atom. The number of aryl methyl sites for hydroxylation is 1. The molecule has 2 aromatic carbocycles. The van der Waals surface area contributed by atoms with Crippen LogP contribution in [0, 0.1) is 6.92 Å². The van der Waals surface area contributed by atoms with Gasteiger partial charge in [-0.15, -0.1) is 0 Å². The maximum Gasteiger partial charge on any atom is 0.338 e. The summed E-state index contributed by atoms with van der Waals surface area (Å²) in [5.41, 5.74) is 4.80. The molecule has 1 unspecified atom stereocenters. The summed E-state index contributed by atoms with van der Waals surface area (Å²) in [5, 5.41) is 2.73. The van der Waals surface area contributed by atoms with Crippen molar-refractivity contribution in [1.29, 1.82) is 0 Å². The molecule has 1 amide bonds. The first-order valence-electron chi connectivity index (χ1n) is 12.2. The number of esters is 1. The van der Waals surface area contributed by atoms with E-state index in [0.29, 0.717) is 37.6 Å². The predicted molar refractivity (Wildman–Crippen MR) is 141 cm³/mol. The van der Waals surface area contributed by atoms with E-state index in [1.807, 2.05) is 70.7 Å². The van der Waals surface area contributed by atoms with Gasteiger partial charge in [-0.2, -0.15) is 0 Å². The molecular formula is C28H29N3O4S. The summed E-state index contributed by atoms with van der Waals surface area (Å²) < 4.78 is 11.0. The largest absolute Gasteiger partial charge is 0.463 e. The van der Waals surface area contributed by atoms with Crippen LogP contribution in [0.25, 0.3) is 5.70 Å². The van der Waals surface area contributed by atoms with Crippen molar-refractivity contribution < 1.29 is 19.1 Å². The molecule has 1 saturated heterocycles. The van der Waals surface area contributed by atoms with Crippen LogP contribution in [0.4, 0.5) is 0 Å². The Labute approximate surface area is 215 Å². The van der Waals surface area contributed by atoms with Gasteiger partial charge in [0.1, 0.15) is 0 Å². The van der Waals surface area contributed by atoms with Crippen molar-refractivity contribution in [3.8, 4) is 0 Å². The quantitative estimate of drug-likeness (QED) is 0.540. The molecule has 0 N–H and O–H groups in total. The van der Waals surface area contributed by atoms with Gasteiger partial charge in [-0.25, -0.2) is 9.79 Å². The molecule has 7 nitrogen and oxygen atoms in total. The number of aliphatic imine (C=N–C) groups is 1. The SMILES string of the molecule is CCOC(=O)C1=C(c2ccccc2)N=C2SC=C(CC(=O)N3CCOCC3)N2C1c1cccc(C)c1. The van der Waals surface area contributed by atoms with Crippen LogP contribution in [0.5, 0.6) is 0 Å². The topological polar surface area (TPSA) is 71.4 Å². The van der Waals surface area contributed by atoms with Gasteiger partial charge in [0.25, 0.3) is 0 Å². The molecule has 1 fully saturated rings. The van der Waals surface area contributed by atoms with Gasteiger partial charge >= 0.3 is 5.97 Å². The molecule has 186 valence electrons. The molecule has 3 aliphatic rings. The number of morpholine rings is 1. The molecule has 8 heteroatoms. The van der Waals surface area contributed by atoms with E-state index in [1.165, 1.54) is 11.8 Å². The lowest BCUT2D eigenvalue weighted by Gasteiger charge is -2.37. The van der Waals surface area contributed by atoms with Crippen LogP contribution < -0.4 is 0 Å². The second kappa shape index (κ2) is 10.7. The summed E-state index contributed by atoms with van der Waals surface area (Å²) >= 11 is 1.48. The summed E-state index contributed by atoms with van der Waals surface area (Å²) in [5.74, 6) is -0.355. The lowest BCUT2D eigenvalue weighted by molar-refractivity contribution is -0.139. The van der Waals surface area contributed by atoms with Crippen LogP contribution in [-0.4, -0.2) is 59.8 Å². The normalized spacial score (nSPS) is 19.6. The van der Waals surface area contributed by atoms with Crippen LogP contribution in [0.15, 0.2) is 76.3 Å². The molecule has 0 saturated carbocycles. The zero-order valence-electron chi connectivity index (χ0n) is 20.5. The summed E-state index contributed by atoms with van der Waals surface area (Å²) in [6.07, 6.45) is 0.227. The number of thioether (sulfide) groups is 1. The summed E-state index contributed by atoms with van der Waals surface area (Å²) in [6, 6.07) is 17.4. The number of hydrogen-bond acceptors (Lipinski definition) is 7. The molecular weight excluding hydrogens is 474 g/mol. The molecule has 0 spiro atoms. The van der Waals surface area contributed by atoms with E-state index in [2.05, 4.69) is 6.07 Å². The minimum absolute atomic E-state index is 0.0462. The average Bonchev–Trinajstić information content (AvgIpc) is 3.31. The van der Waals surface area contributed by atoms with Crippen molar-refractivity contribution in [2.45, 2.75) is 26.3 Å². The Morgan fingerprint density at radius 2 is 1.89 bits per heavy atom. The molecule has 0 radical (unpaired) electrons. The van der Waals surface area contributed by atoms with E-state index in [-0.39, 0.29) is 18.9 Å². The van der Waals surface area contributed by atoms with Crippen molar-refractivity contribution in [2.24, 2.45) is 4.99 Å². The molecule has 2 aromatic rings. The average molecular weight is 504 g/mol. The first-order chi connectivity index (χ1) is 17.6. The minimum atomic E-state index is -0.467. The molecule has 1 atom stereocenters. The number of nitrogens with zero attached hydrogens (tertiary/aromatic N) is 3. The molecule has 3 aliphatic heterocycles. The molecule has 5 rings (SSSR count). The van der Waals surface area contributed by atoms with Crippen molar-refractivity contribution >= 4 is 34.5 Å². The van der Waals surface area contributed by atoms with Crippen molar-refractivity contribution in [1.82, 2.24) is 9.80 Å². The van der Waals surface area contributed by atoms with Crippen LogP contribution in [0.2, 0.25) is 0 Å². The number of carbonyl (C=O) groups is 2. The number of amidine groups is 1. The number of benzene rings is 2. The molecule has 0 aliphatic carbocycles. The highest BCUT2D eigenvalue weighted by atomic mass is 32.2. The fourth-order valence-corrected chi connectivity index (χ4v) is 5.64. The number of hydrogen-bond donors (Lipinski definition) is 0. The maximum absolute atomic E-state index is 13.5. The third-order valence-corrected chi connectivity index (χ3v) is 7.30. The van der Waals surface area contributed by atoms with E-state index < -0.39 is 12.0 Å². The molecule has 3 heterocycles. The van der Waals surface area contributed by atoms with Gasteiger partial charge in [0.05, 0.1) is 43.6 Å². The summed E-state index contributed by atoms with van der Waals surface area (Å²) in [6.45, 7) is 6.38. The molecule has 36 heavy (non-hydrogen) atoms. The Bertz CT molecular complexity index is 1250. The third-order valence-electron chi connectivity index (χ3n) is 6.41. The zero-order valence-corrected chi connectivity index (χ0v) is 21.3. The Kier molecular flexibility index (Phi) is 7.25. The van der Waals surface area contributed by atoms with Gasteiger partial charge in [0.2, 0.25) is 5.91 Å². The van der Waals surface area contributed by atoms with Gasteiger partial charge < -0.3 is 19.3 Å². The third kappa shape index (κ3) is 4.83.